The molecule has 142 valence electrons. The van der Waals surface area contributed by atoms with E-state index in [1.807, 2.05) is 23.6 Å². The molecule has 0 aromatic carbocycles. The molecule has 0 bridgehead atoms. The van der Waals surface area contributed by atoms with Crippen molar-refractivity contribution in [1.29, 1.82) is 0 Å². The van der Waals surface area contributed by atoms with E-state index in [2.05, 4.69) is 20.0 Å². The predicted molar refractivity (Wildman–Crippen MR) is 110 cm³/mol. The van der Waals surface area contributed by atoms with E-state index in [1.54, 1.807) is 24.5 Å². The van der Waals surface area contributed by atoms with Gasteiger partial charge in [0.25, 0.3) is 0 Å². The number of pyridine rings is 1. The van der Waals surface area contributed by atoms with Gasteiger partial charge >= 0.3 is 0 Å². The summed E-state index contributed by atoms with van der Waals surface area (Å²) in [6.07, 6.45) is 4.55. The summed E-state index contributed by atoms with van der Waals surface area (Å²) in [7, 11) is -3.06. The molecule has 2 rings (SSSR count). The molecule has 2 aromatic rings. The van der Waals surface area contributed by atoms with Crippen molar-refractivity contribution >= 4 is 51.3 Å². The van der Waals surface area contributed by atoms with Crippen molar-refractivity contribution in [1.82, 2.24) is 14.7 Å². The Balaban J connectivity index is 0.00000288. The van der Waals surface area contributed by atoms with E-state index in [9.17, 15) is 8.42 Å². The van der Waals surface area contributed by atoms with E-state index >= 15 is 0 Å². The number of unbranched alkanes of at least 4 members (excludes halogenated alkanes) is 2. The molecule has 25 heavy (non-hydrogen) atoms. The first-order valence-corrected chi connectivity index (χ1v) is 10.2. The molecule has 0 fully saturated rings. The van der Waals surface area contributed by atoms with Gasteiger partial charge in [0.05, 0.1) is 11.4 Å². The molecule has 0 aliphatic heterocycles. The normalized spacial score (nSPS) is 10.6. The van der Waals surface area contributed by atoms with Gasteiger partial charge in [-0.1, -0.05) is 12.5 Å². The quantitative estimate of drug-likeness (QED) is 0.567. The highest BCUT2D eigenvalue weighted by molar-refractivity contribution is 7.89. The van der Waals surface area contributed by atoms with Gasteiger partial charge in [-0.05, 0) is 31.9 Å². The molecule has 0 saturated heterocycles. The number of rotatable bonds is 10. The molecule has 6 nitrogen and oxygen atoms in total. The Bertz CT molecular complexity index is 697. The van der Waals surface area contributed by atoms with Crippen LogP contribution in [0.15, 0.2) is 29.8 Å². The number of anilines is 1. The third kappa shape index (κ3) is 8.82. The fraction of sp³-hybridized carbons (Fsp3) is 0.467. The van der Waals surface area contributed by atoms with Crippen LogP contribution in [0.2, 0.25) is 0 Å². The number of thiazole rings is 1. The topological polar surface area (TPSA) is 84.0 Å². The molecule has 2 heterocycles. The molecule has 0 aliphatic rings. The first kappa shape index (κ1) is 24.1. The Labute approximate surface area is 165 Å². The van der Waals surface area contributed by atoms with Crippen LogP contribution < -0.4 is 10.0 Å². The first-order chi connectivity index (χ1) is 11.1. The van der Waals surface area contributed by atoms with E-state index < -0.39 is 10.0 Å². The molecule has 0 atom stereocenters. The van der Waals surface area contributed by atoms with Crippen molar-refractivity contribution < 1.29 is 8.42 Å². The Morgan fingerprint density at radius 3 is 2.52 bits per heavy atom. The van der Waals surface area contributed by atoms with Crippen LogP contribution >= 0.6 is 36.2 Å². The molecule has 0 saturated carbocycles. The van der Waals surface area contributed by atoms with Crippen molar-refractivity contribution in [3.05, 3.63) is 29.8 Å². The van der Waals surface area contributed by atoms with Crippen LogP contribution in [0.3, 0.4) is 0 Å². The summed E-state index contributed by atoms with van der Waals surface area (Å²) in [6.45, 7) is 2.98. The maximum Gasteiger partial charge on any atom is 0.211 e. The van der Waals surface area contributed by atoms with Crippen molar-refractivity contribution in [3.8, 4) is 11.4 Å². The van der Waals surface area contributed by atoms with Crippen LogP contribution in [0.5, 0.6) is 0 Å². The van der Waals surface area contributed by atoms with Crippen molar-refractivity contribution in [2.75, 3.05) is 24.2 Å². The molecule has 0 radical (unpaired) electrons. The number of aromatic nitrogens is 2. The van der Waals surface area contributed by atoms with E-state index in [1.165, 1.54) is 0 Å². The first-order valence-electron chi connectivity index (χ1n) is 7.69. The predicted octanol–water partition coefficient (Wildman–Crippen LogP) is 3.57. The van der Waals surface area contributed by atoms with E-state index in [0.717, 1.165) is 42.3 Å². The minimum atomic E-state index is -3.06. The van der Waals surface area contributed by atoms with E-state index in [4.69, 9.17) is 0 Å². The smallest absolute Gasteiger partial charge is 0.211 e. The van der Waals surface area contributed by atoms with Crippen LogP contribution in [-0.4, -0.2) is 37.2 Å². The molecular formula is C15H24Cl2N4O2S2. The largest absolute Gasteiger partial charge is 0.362 e. The third-order valence-electron chi connectivity index (χ3n) is 3.26. The van der Waals surface area contributed by atoms with E-state index in [-0.39, 0.29) is 30.6 Å². The maximum absolute atomic E-state index is 11.3. The van der Waals surface area contributed by atoms with Crippen molar-refractivity contribution in [2.24, 2.45) is 0 Å². The summed E-state index contributed by atoms with van der Waals surface area (Å²) in [5, 5.41) is 6.17. The third-order valence-corrected chi connectivity index (χ3v) is 5.47. The monoisotopic (exact) mass is 426 g/mol. The zero-order valence-electron chi connectivity index (χ0n) is 14.0. The lowest BCUT2D eigenvalue weighted by molar-refractivity contribution is 0.576. The molecule has 0 amide bonds. The summed E-state index contributed by atoms with van der Waals surface area (Å²) in [5.41, 5.74) is 1.76. The van der Waals surface area contributed by atoms with Crippen LogP contribution in [0.4, 0.5) is 5.13 Å². The summed E-state index contributed by atoms with van der Waals surface area (Å²) < 4.78 is 25.1. The average Bonchev–Trinajstić information content (AvgIpc) is 3.04. The van der Waals surface area contributed by atoms with Gasteiger partial charge in [-0.15, -0.1) is 36.2 Å². The zero-order chi connectivity index (χ0) is 16.5. The van der Waals surface area contributed by atoms with Crippen molar-refractivity contribution in [3.63, 3.8) is 0 Å². The zero-order valence-corrected chi connectivity index (χ0v) is 17.2. The number of sulfonamides is 1. The van der Waals surface area contributed by atoms with Gasteiger partial charge in [0, 0.05) is 24.7 Å². The van der Waals surface area contributed by atoms with Gasteiger partial charge < -0.3 is 5.32 Å². The summed E-state index contributed by atoms with van der Waals surface area (Å²) in [4.78, 5) is 8.79. The highest BCUT2D eigenvalue weighted by Crippen LogP contribution is 2.22. The fourth-order valence-corrected chi connectivity index (χ4v) is 3.33. The molecular weight excluding hydrogens is 403 g/mol. The van der Waals surface area contributed by atoms with Gasteiger partial charge in [0.2, 0.25) is 10.0 Å². The average molecular weight is 427 g/mol. The van der Waals surface area contributed by atoms with Crippen LogP contribution in [0, 0.1) is 0 Å². The Morgan fingerprint density at radius 2 is 1.84 bits per heavy atom. The van der Waals surface area contributed by atoms with E-state index in [0.29, 0.717) is 6.54 Å². The van der Waals surface area contributed by atoms with Gasteiger partial charge in [-0.3, -0.25) is 4.98 Å². The lowest BCUT2D eigenvalue weighted by Gasteiger charge is -2.05. The minimum Gasteiger partial charge on any atom is -0.362 e. The second kappa shape index (κ2) is 12.4. The molecule has 0 unspecified atom stereocenters. The van der Waals surface area contributed by atoms with Crippen LogP contribution in [-0.2, 0) is 10.0 Å². The molecule has 0 aliphatic carbocycles. The number of hydrogen-bond acceptors (Lipinski definition) is 6. The number of hydrogen-bond donors (Lipinski definition) is 2. The standard InChI is InChI=1S/C15H22N4O2S2.2ClH/c1-2-23(20,21)18-11-6-3-5-10-17-15-19-14(12-22-15)13-8-4-7-9-16-13;;/h4,7-9,12,18H,2-3,5-6,10-11H2,1H3,(H,17,19);2*1H. The second-order valence-corrected chi connectivity index (χ2v) is 7.99. The SMILES string of the molecule is CCS(=O)(=O)NCCCCCNc1nc(-c2ccccn2)cs1.Cl.Cl. The fourth-order valence-electron chi connectivity index (χ4n) is 1.94. The number of halogens is 2. The second-order valence-electron chi connectivity index (χ2n) is 5.04. The molecule has 2 N–H and O–H groups in total. The van der Waals surface area contributed by atoms with Gasteiger partial charge in [-0.2, -0.15) is 0 Å². The lowest BCUT2D eigenvalue weighted by Crippen LogP contribution is -2.26. The van der Waals surface area contributed by atoms with Crippen molar-refractivity contribution in [2.45, 2.75) is 26.2 Å². The summed E-state index contributed by atoms with van der Waals surface area (Å²) in [6, 6.07) is 5.77. The lowest BCUT2D eigenvalue weighted by atomic mass is 10.2. The highest BCUT2D eigenvalue weighted by Gasteiger charge is 2.05. The Morgan fingerprint density at radius 1 is 1.08 bits per heavy atom. The Hall–Kier alpha value is -0.930. The minimum absolute atomic E-state index is 0. The molecule has 0 spiro atoms. The maximum atomic E-state index is 11.3. The van der Waals surface area contributed by atoms with Gasteiger partial charge in [0.15, 0.2) is 5.13 Å². The van der Waals surface area contributed by atoms with Crippen LogP contribution in [0.25, 0.3) is 11.4 Å². The Kier molecular flexibility index (Phi) is 12.0. The van der Waals surface area contributed by atoms with Crippen LogP contribution in [0.1, 0.15) is 26.2 Å². The van der Waals surface area contributed by atoms with Gasteiger partial charge in [0.1, 0.15) is 5.69 Å². The number of nitrogens with one attached hydrogen (secondary N) is 2. The number of nitrogens with zero attached hydrogens (tertiary/aromatic N) is 2. The summed E-state index contributed by atoms with van der Waals surface area (Å²) in [5.74, 6) is 0.136. The molecule has 2 aromatic heterocycles. The van der Waals surface area contributed by atoms with Gasteiger partial charge in [-0.25, -0.2) is 18.1 Å². The molecule has 10 heteroatoms. The summed E-state index contributed by atoms with van der Waals surface area (Å²) >= 11 is 1.57. The highest BCUT2D eigenvalue weighted by atomic mass is 35.5.